The smallest absolute Gasteiger partial charge is 0.115 e. The van der Waals surface area contributed by atoms with E-state index >= 15 is 0 Å². The average molecular weight is 248 g/mol. The number of phenolic OH excluding ortho intramolecular Hbond substituents is 1. The predicted octanol–water partition coefficient (Wildman–Crippen LogP) is 3.29. The summed E-state index contributed by atoms with van der Waals surface area (Å²) >= 11 is 5.83. The number of halogens is 1. The highest BCUT2D eigenvalue weighted by Gasteiger charge is 2.06. The fourth-order valence-corrected chi connectivity index (χ4v) is 1.84. The van der Waals surface area contributed by atoms with Crippen molar-refractivity contribution in [2.24, 2.45) is 5.73 Å². The molecule has 17 heavy (non-hydrogen) atoms. The highest BCUT2D eigenvalue weighted by Crippen LogP contribution is 2.19. The Kier molecular flexibility index (Phi) is 3.67. The van der Waals surface area contributed by atoms with E-state index in [-0.39, 0.29) is 11.8 Å². The van der Waals surface area contributed by atoms with Gasteiger partial charge >= 0.3 is 0 Å². The number of benzene rings is 2. The van der Waals surface area contributed by atoms with Crippen LogP contribution in [0.15, 0.2) is 48.5 Å². The molecule has 0 radical (unpaired) electrons. The van der Waals surface area contributed by atoms with Crippen LogP contribution in [-0.2, 0) is 6.42 Å². The molecule has 0 aliphatic heterocycles. The molecule has 3 N–H and O–H groups in total. The van der Waals surface area contributed by atoms with Gasteiger partial charge < -0.3 is 10.8 Å². The van der Waals surface area contributed by atoms with Crippen molar-refractivity contribution in [1.29, 1.82) is 0 Å². The van der Waals surface area contributed by atoms with Crippen molar-refractivity contribution in [2.75, 3.05) is 0 Å². The van der Waals surface area contributed by atoms with Gasteiger partial charge in [-0.25, -0.2) is 0 Å². The number of hydrogen-bond donors (Lipinski definition) is 2. The summed E-state index contributed by atoms with van der Waals surface area (Å²) < 4.78 is 0. The summed E-state index contributed by atoms with van der Waals surface area (Å²) in [6, 6.07) is 14.6. The van der Waals surface area contributed by atoms with Crippen molar-refractivity contribution >= 4 is 11.6 Å². The highest BCUT2D eigenvalue weighted by atomic mass is 35.5. The molecule has 0 saturated heterocycles. The number of rotatable bonds is 3. The Morgan fingerprint density at radius 2 is 1.59 bits per heavy atom. The lowest BCUT2D eigenvalue weighted by atomic mass is 10.00. The Bertz CT molecular complexity index is 479. The molecule has 0 saturated carbocycles. The largest absolute Gasteiger partial charge is 0.508 e. The monoisotopic (exact) mass is 247 g/mol. The lowest BCUT2D eigenvalue weighted by Gasteiger charge is -2.12. The van der Waals surface area contributed by atoms with E-state index < -0.39 is 0 Å². The molecule has 2 nitrogen and oxygen atoms in total. The van der Waals surface area contributed by atoms with Gasteiger partial charge in [0.05, 0.1) is 0 Å². The molecule has 2 rings (SSSR count). The van der Waals surface area contributed by atoms with Crippen LogP contribution in [0.1, 0.15) is 17.2 Å². The van der Waals surface area contributed by atoms with E-state index in [2.05, 4.69) is 0 Å². The molecule has 0 heterocycles. The number of nitrogens with two attached hydrogens (primary N) is 1. The first-order chi connectivity index (χ1) is 8.15. The number of hydrogen-bond acceptors (Lipinski definition) is 2. The highest BCUT2D eigenvalue weighted by molar-refractivity contribution is 6.30. The normalized spacial score (nSPS) is 12.4. The van der Waals surface area contributed by atoms with E-state index in [4.69, 9.17) is 17.3 Å². The van der Waals surface area contributed by atoms with E-state index in [1.807, 2.05) is 36.4 Å². The van der Waals surface area contributed by atoms with Crippen molar-refractivity contribution in [3.8, 4) is 5.75 Å². The Hall–Kier alpha value is -1.51. The first-order valence-electron chi connectivity index (χ1n) is 5.44. The van der Waals surface area contributed by atoms with Gasteiger partial charge in [0.25, 0.3) is 0 Å². The topological polar surface area (TPSA) is 46.2 Å². The van der Waals surface area contributed by atoms with Gasteiger partial charge in [0.2, 0.25) is 0 Å². The third kappa shape index (κ3) is 3.22. The Morgan fingerprint density at radius 1 is 1.00 bits per heavy atom. The second kappa shape index (κ2) is 5.21. The van der Waals surface area contributed by atoms with Gasteiger partial charge in [0.1, 0.15) is 5.75 Å². The molecule has 0 bridgehead atoms. The molecular formula is C14H14ClNO. The maximum absolute atomic E-state index is 9.19. The van der Waals surface area contributed by atoms with Crippen LogP contribution < -0.4 is 5.73 Å². The standard InChI is InChI=1S/C14H14ClNO/c15-12-5-3-11(4-6-12)14(16)9-10-1-7-13(17)8-2-10/h1-8,14,17H,9,16H2. The maximum Gasteiger partial charge on any atom is 0.115 e. The third-order valence-corrected chi connectivity index (χ3v) is 2.94. The fourth-order valence-electron chi connectivity index (χ4n) is 1.71. The van der Waals surface area contributed by atoms with Crippen LogP contribution in [0.3, 0.4) is 0 Å². The summed E-state index contributed by atoms with van der Waals surface area (Å²) in [5.41, 5.74) is 8.27. The quantitative estimate of drug-likeness (QED) is 0.874. The molecular weight excluding hydrogens is 234 g/mol. The summed E-state index contributed by atoms with van der Waals surface area (Å²) in [6.07, 6.45) is 0.738. The van der Waals surface area contributed by atoms with Crippen LogP contribution in [-0.4, -0.2) is 5.11 Å². The molecule has 2 aromatic carbocycles. The first kappa shape index (κ1) is 12.0. The molecule has 0 aromatic heterocycles. The van der Waals surface area contributed by atoms with Gasteiger partial charge in [-0.3, -0.25) is 0 Å². The molecule has 1 atom stereocenters. The lowest BCUT2D eigenvalue weighted by molar-refractivity contribution is 0.475. The lowest BCUT2D eigenvalue weighted by Crippen LogP contribution is -2.13. The first-order valence-corrected chi connectivity index (χ1v) is 5.82. The third-order valence-electron chi connectivity index (χ3n) is 2.69. The van der Waals surface area contributed by atoms with E-state index in [0.717, 1.165) is 17.5 Å². The number of phenols is 1. The van der Waals surface area contributed by atoms with E-state index in [1.165, 1.54) is 0 Å². The molecule has 0 amide bonds. The van der Waals surface area contributed by atoms with Crippen LogP contribution in [0.2, 0.25) is 5.02 Å². The van der Waals surface area contributed by atoms with Crippen molar-refractivity contribution in [3.05, 3.63) is 64.7 Å². The van der Waals surface area contributed by atoms with Gasteiger partial charge in [-0.2, -0.15) is 0 Å². The summed E-state index contributed by atoms with van der Waals surface area (Å²) in [4.78, 5) is 0. The van der Waals surface area contributed by atoms with Crippen LogP contribution in [0.25, 0.3) is 0 Å². The van der Waals surface area contributed by atoms with Crippen molar-refractivity contribution in [2.45, 2.75) is 12.5 Å². The van der Waals surface area contributed by atoms with Gasteiger partial charge in [-0.05, 0) is 41.8 Å². The van der Waals surface area contributed by atoms with Crippen molar-refractivity contribution in [1.82, 2.24) is 0 Å². The van der Waals surface area contributed by atoms with E-state index in [9.17, 15) is 5.11 Å². The maximum atomic E-state index is 9.19. The molecule has 2 aromatic rings. The molecule has 3 heteroatoms. The minimum absolute atomic E-state index is 0.0585. The zero-order valence-corrected chi connectivity index (χ0v) is 10.1. The minimum Gasteiger partial charge on any atom is -0.508 e. The van der Waals surface area contributed by atoms with E-state index in [1.54, 1.807) is 12.1 Å². The zero-order valence-electron chi connectivity index (χ0n) is 9.31. The second-order valence-corrected chi connectivity index (χ2v) is 4.47. The average Bonchev–Trinajstić information content (AvgIpc) is 2.33. The Morgan fingerprint density at radius 3 is 2.18 bits per heavy atom. The Labute approximate surface area is 106 Å². The summed E-state index contributed by atoms with van der Waals surface area (Å²) in [5, 5.41) is 9.91. The molecule has 0 aliphatic carbocycles. The second-order valence-electron chi connectivity index (χ2n) is 4.03. The zero-order chi connectivity index (χ0) is 12.3. The van der Waals surface area contributed by atoms with Gasteiger partial charge in [0.15, 0.2) is 0 Å². The predicted molar refractivity (Wildman–Crippen MR) is 70.2 cm³/mol. The molecule has 88 valence electrons. The van der Waals surface area contributed by atoms with Crippen molar-refractivity contribution in [3.63, 3.8) is 0 Å². The summed E-state index contributed by atoms with van der Waals surface area (Å²) in [6.45, 7) is 0. The SMILES string of the molecule is NC(Cc1ccc(O)cc1)c1ccc(Cl)cc1. The van der Waals surface area contributed by atoms with E-state index in [0.29, 0.717) is 5.02 Å². The Balaban J connectivity index is 2.08. The summed E-state index contributed by atoms with van der Waals surface area (Å²) in [5.74, 6) is 0.272. The van der Waals surface area contributed by atoms with Gasteiger partial charge in [-0.1, -0.05) is 35.9 Å². The number of aromatic hydroxyl groups is 1. The van der Waals surface area contributed by atoms with Gasteiger partial charge in [0, 0.05) is 11.1 Å². The van der Waals surface area contributed by atoms with Gasteiger partial charge in [-0.15, -0.1) is 0 Å². The molecule has 0 aliphatic rings. The van der Waals surface area contributed by atoms with Crippen molar-refractivity contribution < 1.29 is 5.11 Å². The summed E-state index contributed by atoms with van der Waals surface area (Å²) in [7, 11) is 0. The van der Waals surface area contributed by atoms with Crippen LogP contribution in [0.4, 0.5) is 0 Å². The van der Waals surface area contributed by atoms with Crippen LogP contribution in [0, 0.1) is 0 Å². The van der Waals surface area contributed by atoms with Crippen LogP contribution >= 0.6 is 11.6 Å². The molecule has 0 fully saturated rings. The molecule has 1 unspecified atom stereocenters. The minimum atomic E-state index is -0.0585. The fraction of sp³-hybridized carbons (Fsp3) is 0.143. The molecule has 0 spiro atoms. The van der Waals surface area contributed by atoms with Crippen LogP contribution in [0.5, 0.6) is 5.75 Å².